The fourth-order valence-corrected chi connectivity index (χ4v) is 1.16. The van der Waals surface area contributed by atoms with Crippen LogP contribution in [0.1, 0.15) is 26.2 Å². The Hall–Kier alpha value is -0.520. The second-order valence-corrected chi connectivity index (χ2v) is 3.35. The van der Waals surface area contributed by atoms with Gasteiger partial charge in [-0.25, -0.2) is 0 Å². The third-order valence-electron chi connectivity index (χ3n) is 2.27. The van der Waals surface area contributed by atoms with Crippen molar-refractivity contribution in [2.24, 2.45) is 0 Å². The summed E-state index contributed by atoms with van der Waals surface area (Å²) in [5.41, 5.74) is -0.453. The molecule has 11 heavy (non-hydrogen) atoms. The first-order valence-corrected chi connectivity index (χ1v) is 4.08. The van der Waals surface area contributed by atoms with Gasteiger partial charge in [0.15, 0.2) is 0 Å². The summed E-state index contributed by atoms with van der Waals surface area (Å²) < 4.78 is 0. The highest BCUT2D eigenvalue weighted by atomic mass is 16.3. The highest BCUT2D eigenvalue weighted by Gasteiger charge is 2.33. The summed E-state index contributed by atoms with van der Waals surface area (Å²) in [7, 11) is 0. The maximum atomic E-state index is 9.62. The minimum absolute atomic E-state index is 0.0691. The van der Waals surface area contributed by atoms with E-state index in [4.69, 9.17) is 6.42 Å². The van der Waals surface area contributed by atoms with E-state index in [1.807, 2.05) is 6.92 Å². The zero-order chi connectivity index (χ0) is 8.32. The van der Waals surface area contributed by atoms with E-state index in [1.54, 1.807) is 0 Å². The van der Waals surface area contributed by atoms with Gasteiger partial charge in [0.25, 0.3) is 0 Å². The normalized spacial score (nSPS) is 23.4. The van der Waals surface area contributed by atoms with E-state index in [2.05, 4.69) is 11.2 Å². The van der Waals surface area contributed by atoms with Crippen LogP contribution < -0.4 is 5.32 Å². The predicted molar refractivity (Wildman–Crippen MR) is 45.1 cm³/mol. The highest BCUT2D eigenvalue weighted by Crippen LogP contribution is 2.30. The summed E-state index contributed by atoms with van der Waals surface area (Å²) in [6, 6.07) is 0.0691. The van der Waals surface area contributed by atoms with Crippen LogP contribution in [0.25, 0.3) is 0 Å². The van der Waals surface area contributed by atoms with Gasteiger partial charge in [-0.2, -0.15) is 0 Å². The van der Waals surface area contributed by atoms with Crippen LogP contribution in [0.4, 0.5) is 0 Å². The topological polar surface area (TPSA) is 32.3 Å². The fraction of sp³-hybridized carbons (Fsp3) is 0.778. The maximum Gasteiger partial charge on any atom is 0.0772 e. The lowest BCUT2D eigenvalue weighted by molar-refractivity contribution is -0.0318. The maximum absolute atomic E-state index is 9.62. The molecule has 0 heterocycles. The first-order chi connectivity index (χ1) is 5.16. The number of rotatable bonds is 3. The molecule has 0 aromatic heterocycles. The largest absolute Gasteiger partial charge is 0.389 e. The van der Waals surface area contributed by atoms with E-state index < -0.39 is 5.60 Å². The van der Waals surface area contributed by atoms with Crippen molar-refractivity contribution in [1.82, 2.24) is 5.32 Å². The van der Waals surface area contributed by atoms with Crippen LogP contribution in [-0.4, -0.2) is 23.3 Å². The Morgan fingerprint density at radius 2 is 2.36 bits per heavy atom. The van der Waals surface area contributed by atoms with Crippen LogP contribution in [0.3, 0.4) is 0 Å². The monoisotopic (exact) mass is 153 g/mol. The summed E-state index contributed by atoms with van der Waals surface area (Å²) in [5.74, 6) is 2.56. The number of hydrogen-bond donors (Lipinski definition) is 2. The van der Waals surface area contributed by atoms with Gasteiger partial charge in [-0.3, -0.25) is 0 Å². The van der Waals surface area contributed by atoms with Gasteiger partial charge in [0.1, 0.15) is 0 Å². The molecule has 1 aliphatic carbocycles. The van der Waals surface area contributed by atoms with Crippen molar-refractivity contribution in [3.8, 4) is 12.3 Å². The van der Waals surface area contributed by atoms with E-state index in [0.29, 0.717) is 6.54 Å². The van der Waals surface area contributed by atoms with Crippen LogP contribution in [0.15, 0.2) is 0 Å². The van der Waals surface area contributed by atoms with Crippen LogP contribution >= 0.6 is 0 Å². The summed E-state index contributed by atoms with van der Waals surface area (Å²) in [6.07, 6.45) is 8.14. The quantitative estimate of drug-likeness (QED) is 0.579. The molecule has 2 N–H and O–H groups in total. The van der Waals surface area contributed by atoms with E-state index in [0.717, 1.165) is 19.3 Å². The molecular formula is C9H15NO. The molecule has 2 nitrogen and oxygen atoms in total. The zero-order valence-corrected chi connectivity index (χ0v) is 6.93. The molecular weight excluding hydrogens is 138 g/mol. The Labute approximate surface area is 68.0 Å². The molecule has 1 saturated carbocycles. The minimum Gasteiger partial charge on any atom is -0.389 e. The van der Waals surface area contributed by atoms with Gasteiger partial charge in [0.05, 0.1) is 11.6 Å². The average Bonchev–Trinajstić information content (AvgIpc) is 1.96. The van der Waals surface area contributed by atoms with Crippen molar-refractivity contribution in [1.29, 1.82) is 0 Å². The van der Waals surface area contributed by atoms with E-state index >= 15 is 0 Å². The second-order valence-electron chi connectivity index (χ2n) is 3.35. The van der Waals surface area contributed by atoms with Gasteiger partial charge in [-0.05, 0) is 26.2 Å². The molecule has 0 aromatic carbocycles. The molecule has 1 atom stereocenters. The predicted octanol–water partition coefficient (Wildman–Crippen LogP) is 0.513. The van der Waals surface area contributed by atoms with Crippen molar-refractivity contribution in [3.63, 3.8) is 0 Å². The van der Waals surface area contributed by atoms with E-state index in [-0.39, 0.29) is 6.04 Å². The first kappa shape index (κ1) is 8.58. The van der Waals surface area contributed by atoms with Gasteiger partial charge >= 0.3 is 0 Å². The highest BCUT2D eigenvalue weighted by molar-refractivity contribution is 4.98. The Bertz CT molecular complexity index is 167. The minimum atomic E-state index is -0.453. The Kier molecular flexibility index (Phi) is 2.53. The lowest BCUT2D eigenvalue weighted by Crippen LogP contribution is -2.48. The molecule has 1 rings (SSSR count). The summed E-state index contributed by atoms with van der Waals surface area (Å²) in [5, 5.41) is 12.7. The van der Waals surface area contributed by atoms with Gasteiger partial charge < -0.3 is 10.4 Å². The van der Waals surface area contributed by atoms with Crippen LogP contribution in [0, 0.1) is 12.3 Å². The molecule has 0 aromatic rings. The molecule has 0 spiro atoms. The van der Waals surface area contributed by atoms with Crippen molar-refractivity contribution < 1.29 is 5.11 Å². The van der Waals surface area contributed by atoms with Crippen LogP contribution in [0.2, 0.25) is 0 Å². The average molecular weight is 153 g/mol. The number of nitrogens with one attached hydrogen (secondary N) is 1. The SMILES string of the molecule is C#CC(C)NCC1(O)CCC1. The zero-order valence-electron chi connectivity index (χ0n) is 6.93. The standard InChI is InChI=1S/C9H15NO/c1-3-8(2)10-7-9(11)5-4-6-9/h1,8,10-11H,4-7H2,2H3. The molecule has 1 fully saturated rings. The molecule has 2 heteroatoms. The Morgan fingerprint density at radius 3 is 2.73 bits per heavy atom. The summed E-state index contributed by atoms with van der Waals surface area (Å²) in [4.78, 5) is 0. The Morgan fingerprint density at radius 1 is 1.73 bits per heavy atom. The molecule has 1 unspecified atom stereocenters. The molecule has 1 aliphatic rings. The molecule has 0 bridgehead atoms. The number of aliphatic hydroxyl groups is 1. The fourth-order valence-electron chi connectivity index (χ4n) is 1.16. The van der Waals surface area contributed by atoms with Crippen molar-refractivity contribution in [2.45, 2.75) is 37.8 Å². The smallest absolute Gasteiger partial charge is 0.0772 e. The summed E-state index contributed by atoms with van der Waals surface area (Å²) >= 11 is 0. The third-order valence-corrected chi connectivity index (χ3v) is 2.27. The van der Waals surface area contributed by atoms with Crippen molar-refractivity contribution >= 4 is 0 Å². The van der Waals surface area contributed by atoms with Crippen molar-refractivity contribution in [3.05, 3.63) is 0 Å². The third kappa shape index (κ3) is 2.21. The molecule has 0 amide bonds. The lowest BCUT2D eigenvalue weighted by atomic mass is 9.80. The second kappa shape index (κ2) is 3.25. The number of terminal acetylenes is 1. The first-order valence-electron chi connectivity index (χ1n) is 4.08. The van der Waals surface area contributed by atoms with E-state index in [1.165, 1.54) is 0 Å². The number of hydrogen-bond acceptors (Lipinski definition) is 2. The summed E-state index contributed by atoms with van der Waals surface area (Å²) in [6.45, 7) is 2.56. The van der Waals surface area contributed by atoms with Gasteiger partial charge in [0, 0.05) is 6.54 Å². The molecule has 0 radical (unpaired) electrons. The van der Waals surface area contributed by atoms with Crippen molar-refractivity contribution in [2.75, 3.05) is 6.54 Å². The van der Waals surface area contributed by atoms with Crippen LogP contribution in [0.5, 0.6) is 0 Å². The van der Waals surface area contributed by atoms with Gasteiger partial charge in [-0.15, -0.1) is 6.42 Å². The van der Waals surface area contributed by atoms with Gasteiger partial charge in [0.2, 0.25) is 0 Å². The van der Waals surface area contributed by atoms with Gasteiger partial charge in [-0.1, -0.05) is 5.92 Å². The molecule has 0 saturated heterocycles. The Balaban J connectivity index is 2.17. The molecule has 62 valence electrons. The van der Waals surface area contributed by atoms with Crippen LogP contribution in [-0.2, 0) is 0 Å². The molecule has 0 aliphatic heterocycles. The lowest BCUT2D eigenvalue weighted by Gasteiger charge is -2.37. The van der Waals surface area contributed by atoms with E-state index in [9.17, 15) is 5.11 Å².